The zero-order valence-electron chi connectivity index (χ0n) is 12.0. The van der Waals surface area contributed by atoms with Crippen molar-refractivity contribution in [3.63, 3.8) is 0 Å². The monoisotopic (exact) mass is 423 g/mol. The van der Waals surface area contributed by atoms with Crippen molar-refractivity contribution in [2.24, 2.45) is 0 Å². The van der Waals surface area contributed by atoms with Gasteiger partial charge in [0.25, 0.3) is 5.91 Å². The Bertz CT molecular complexity index is 637. The zero-order chi connectivity index (χ0) is 17.5. The lowest BCUT2D eigenvalue weighted by molar-refractivity contribution is -0.126. The van der Waals surface area contributed by atoms with Crippen molar-refractivity contribution < 1.29 is 29.0 Å². The minimum atomic E-state index is -9.74. The lowest BCUT2D eigenvalue weighted by atomic mass is 10.1. The third-order valence-corrected chi connectivity index (χ3v) is 5.30. The maximum atomic E-state index is 12.7. The molecule has 1 amide bonds. The molecule has 132 valence electrons. The maximum absolute atomic E-state index is 12.7. The largest absolute Gasteiger partial charge is 0.365 e. The second-order valence-corrected chi connectivity index (χ2v) is 8.60. The fourth-order valence-electron chi connectivity index (χ4n) is 2.25. The lowest BCUT2D eigenvalue weighted by Crippen LogP contribution is -2.28. The number of benzene rings is 1. The number of anilines is 1. The number of halogens is 6. The van der Waals surface area contributed by atoms with Gasteiger partial charge in [0, 0.05) is 4.47 Å². The van der Waals surface area contributed by atoms with Gasteiger partial charge in [-0.1, -0.05) is 26.4 Å². The van der Waals surface area contributed by atoms with Crippen molar-refractivity contribution in [3.8, 4) is 0 Å². The highest BCUT2D eigenvalue weighted by molar-refractivity contribution is 9.10. The van der Waals surface area contributed by atoms with Crippen LogP contribution in [0.25, 0.3) is 0 Å². The molecule has 0 unspecified atom stereocenters. The van der Waals surface area contributed by atoms with E-state index in [2.05, 4.69) is 21.2 Å². The van der Waals surface area contributed by atoms with E-state index < -0.39 is 27.1 Å². The van der Waals surface area contributed by atoms with Gasteiger partial charge in [-0.25, -0.2) is 0 Å². The second kappa shape index (κ2) is 5.32. The van der Waals surface area contributed by atoms with E-state index >= 15 is 0 Å². The van der Waals surface area contributed by atoms with Crippen molar-refractivity contribution in [1.82, 2.24) is 0 Å². The molecule has 0 aromatic heterocycles. The predicted octanol–water partition coefficient (Wildman–Crippen LogP) is 6.00. The molecule has 1 aromatic carbocycles. The molecule has 0 bridgehead atoms. The molecule has 0 spiro atoms. The van der Waals surface area contributed by atoms with Crippen LogP contribution in [0, 0.1) is 0 Å². The first-order chi connectivity index (χ1) is 10.3. The van der Waals surface area contributed by atoms with E-state index in [0.717, 1.165) is 18.9 Å². The molecule has 0 radical (unpaired) electrons. The molecular weight excluding hydrogens is 409 g/mol. The number of rotatable bonds is 4. The van der Waals surface area contributed by atoms with Crippen LogP contribution < -0.4 is 5.32 Å². The summed E-state index contributed by atoms with van der Waals surface area (Å²) in [4.78, 5) is 10.0. The van der Waals surface area contributed by atoms with Crippen molar-refractivity contribution in [1.29, 1.82) is 0 Å². The van der Waals surface area contributed by atoms with Crippen LogP contribution in [0.15, 0.2) is 27.6 Å². The molecule has 1 aromatic rings. The molecule has 10 heteroatoms. The molecule has 1 fully saturated rings. The average Bonchev–Trinajstić information content (AvgIpc) is 2.87. The Morgan fingerprint density at radius 1 is 1.30 bits per heavy atom. The molecule has 1 aliphatic rings. The van der Waals surface area contributed by atoms with Crippen LogP contribution in [0.2, 0.25) is 0 Å². The average molecular weight is 424 g/mol. The zero-order valence-corrected chi connectivity index (χ0v) is 14.4. The molecule has 1 saturated heterocycles. The molecule has 2 rings (SSSR count). The van der Waals surface area contributed by atoms with E-state index in [1.165, 1.54) is 0 Å². The van der Waals surface area contributed by atoms with Crippen molar-refractivity contribution >= 4 is 37.7 Å². The summed E-state index contributed by atoms with van der Waals surface area (Å²) in [6.45, 7) is 1.92. The molecule has 1 aliphatic heterocycles. The molecule has 0 saturated carbocycles. The van der Waals surface area contributed by atoms with Crippen molar-refractivity contribution in [2.75, 3.05) is 5.32 Å². The minimum absolute atomic E-state index is 0.0234. The van der Waals surface area contributed by atoms with E-state index in [4.69, 9.17) is 4.74 Å². The normalized spacial score (nSPS) is 24.8. The van der Waals surface area contributed by atoms with Gasteiger partial charge in [-0.15, -0.1) is 0 Å². The number of ether oxygens (including phenoxy) is 1. The first kappa shape index (κ1) is 18.5. The summed E-state index contributed by atoms with van der Waals surface area (Å²) >= 11 is 2.78. The number of hydrogen-bond donors (Lipinski definition) is 1. The van der Waals surface area contributed by atoms with Crippen molar-refractivity contribution in [2.45, 2.75) is 43.3 Å². The number of amides is 1. The van der Waals surface area contributed by atoms with Gasteiger partial charge in [-0.05, 0) is 53.4 Å². The summed E-state index contributed by atoms with van der Waals surface area (Å²) in [5, 5.41) is 2.39. The molecule has 1 heterocycles. The van der Waals surface area contributed by atoms with Gasteiger partial charge < -0.3 is 10.1 Å². The van der Waals surface area contributed by atoms with Gasteiger partial charge in [0.1, 0.15) is 11.0 Å². The van der Waals surface area contributed by atoms with Crippen LogP contribution in [-0.4, -0.2) is 18.1 Å². The van der Waals surface area contributed by atoms with Crippen LogP contribution in [0.4, 0.5) is 25.1 Å². The van der Waals surface area contributed by atoms with Gasteiger partial charge in [0.2, 0.25) is 0 Å². The summed E-state index contributed by atoms with van der Waals surface area (Å²) in [7, 11) is -9.74. The van der Waals surface area contributed by atoms with E-state index in [9.17, 15) is 24.2 Å². The van der Waals surface area contributed by atoms with E-state index in [-0.39, 0.29) is 28.4 Å². The Labute approximate surface area is 138 Å². The summed E-state index contributed by atoms with van der Waals surface area (Å²) in [5.74, 6) is -0.512. The fourth-order valence-corrected chi connectivity index (χ4v) is 3.54. The Kier molecular flexibility index (Phi) is 4.27. The number of carbonyl (C=O) groups excluding carboxylic acids is 1. The van der Waals surface area contributed by atoms with Crippen molar-refractivity contribution in [3.05, 3.63) is 22.7 Å². The molecule has 0 aliphatic carbocycles. The first-order valence-electron chi connectivity index (χ1n) is 6.80. The number of hydrogen-bond acceptors (Lipinski definition) is 2. The van der Waals surface area contributed by atoms with E-state index in [0.29, 0.717) is 6.42 Å². The van der Waals surface area contributed by atoms with Gasteiger partial charge in [-0.2, -0.15) is 0 Å². The Balaban J connectivity index is 2.15. The Morgan fingerprint density at radius 3 is 2.43 bits per heavy atom. The standard InChI is InChI=1S/C13H15BrF5NO2S/c1-2-8-3-6-12(22-8)13(21)20-11-5-4-9(7-10(11)14)23(15,16,17,18)19/h4-5,7-8,12H,2-3,6H2,1H3,(H,20,21)/t8-,12-/m0/s1. The summed E-state index contributed by atoms with van der Waals surface area (Å²) < 4.78 is 68.8. The third-order valence-electron chi connectivity index (χ3n) is 3.50. The molecule has 23 heavy (non-hydrogen) atoms. The highest BCUT2D eigenvalue weighted by Crippen LogP contribution is 3.02. The summed E-state index contributed by atoms with van der Waals surface area (Å²) in [6.07, 6.45) is 1.27. The predicted molar refractivity (Wildman–Crippen MR) is 82.4 cm³/mol. The summed E-state index contributed by atoms with van der Waals surface area (Å²) in [5.41, 5.74) is -0.0239. The third kappa shape index (κ3) is 4.57. The minimum Gasteiger partial charge on any atom is -0.365 e. The van der Waals surface area contributed by atoms with Crippen LogP contribution in [0.5, 0.6) is 0 Å². The number of carbonyl (C=O) groups is 1. The van der Waals surface area contributed by atoms with E-state index in [1.807, 2.05) is 6.92 Å². The highest BCUT2D eigenvalue weighted by Gasteiger charge is 2.65. The van der Waals surface area contributed by atoms with Crippen LogP contribution in [0.1, 0.15) is 26.2 Å². The first-order valence-corrected chi connectivity index (χ1v) is 9.54. The SMILES string of the molecule is CC[C@H]1CC[C@@H](C(=O)Nc2ccc(S(F)(F)(F)(F)F)cc2Br)O1. The second-order valence-electron chi connectivity index (χ2n) is 5.33. The van der Waals surface area contributed by atoms with Crippen LogP contribution >= 0.6 is 26.2 Å². The molecular formula is C13H15BrF5NO2S. The van der Waals surface area contributed by atoms with Gasteiger partial charge in [-0.3, -0.25) is 4.79 Å². The quantitative estimate of drug-likeness (QED) is 0.602. The molecule has 1 N–H and O–H groups in total. The van der Waals surface area contributed by atoms with Gasteiger partial charge in [0.15, 0.2) is 0 Å². The lowest BCUT2D eigenvalue weighted by Gasteiger charge is -2.40. The van der Waals surface area contributed by atoms with Crippen LogP contribution in [-0.2, 0) is 9.53 Å². The molecule has 2 atom stereocenters. The smallest absolute Gasteiger partial charge is 0.310 e. The Hall–Kier alpha value is -0.870. The Morgan fingerprint density at radius 2 is 1.96 bits per heavy atom. The van der Waals surface area contributed by atoms with E-state index in [1.54, 1.807) is 0 Å². The summed E-state index contributed by atoms with van der Waals surface area (Å²) in [6, 6.07) is 1.31. The highest BCUT2D eigenvalue weighted by atomic mass is 79.9. The fraction of sp³-hybridized carbons (Fsp3) is 0.462. The maximum Gasteiger partial charge on any atom is 0.310 e. The van der Waals surface area contributed by atoms with Crippen LogP contribution in [0.3, 0.4) is 0 Å². The van der Waals surface area contributed by atoms with Gasteiger partial charge in [0.05, 0.1) is 11.8 Å². The molecule has 3 nitrogen and oxygen atoms in total. The topological polar surface area (TPSA) is 38.3 Å². The number of nitrogens with one attached hydrogen (secondary N) is 1. The van der Waals surface area contributed by atoms with Gasteiger partial charge >= 0.3 is 10.2 Å².